The summed E-state index contributed by atoms with van der Waals surface area (Å²) in [5, 5.41) is 1.14. The minimum Gasteiger partial charge on any atom is -0.464 e. The van der Waals surface area contributed by atoms with Crippen molar-refractivity contribution in [2.75, 3.05) is 39.4 Å². The molecular weight excluding hydrogens is 336 g/mol. The van der Waals surface area contributed by atoms with E-state index in [0.717, 1.165) is 50.2 Å². The zero-order valence-corrected chi connectivity index (χ0v) is 14.8. The van der Waals surface area contributed by atoms with Crippen molar-refractivity contribution >= 4 is 28.8 Å². The van der Waals surface area contributed by atoms with Crippen molar-refractivity contribution in [3.8, 4) is 0 Å². The Bertz CT molecular complexity index is 835. The van der Waals surface area contributed by atoms with E-state index in [-0.39, 0.29) is 11.8 Å². The molecule has 3 aliphatic heterocycles. The third kappa shape index (κ3) is 2.88. The average Bonchev–Trinajstić information content (AvgIpc) is 3.37. The quantitative estimate of drug-likeness (QED) is 0.625. The Morgan fingerprint density at radius 3 is 2.72 bits per heavy atom. The summed E-state index contributed by atoms with van der Waals surface area (Å²) in [5.41, 5.74) is 3.77. The summed E-state index contributed by atoms with van der Waals surface area (Å²) >= 11 is 1.79. The minimum absolute atomic E-state index is 0.0761. The molecule has 0 bridgehead atoms. The van der Waals surface area contributed by atoms with Gasteiger partial charge in [0.2, 0.25) is 5.91 Å². The molecule has 130 valence electrons. The zero-order chi connectivity index (χ0) is 16.8. The van der Waals surface area contributed by atoms with Crippen molar-refractivity contribution in [3.05, 3.63) is 41.7 Å². The Labute approximate surface area is 150 Å². The van der Waals surface area contributed by atoms with Crippen molar-refractivity contribution in [1.29, 1.82) is 0 Å². The number of fused-ring (bicyclic) bond motifs is 1. The summed E-state index contributed by atoms with van der Waals surface area (Å²) in [5.74, 6) is 0.351. The highest BCUT2D eigenvalue weighted by atomic mass is 32.2. The van der Waals surface area contributed by atoms with Gasteiger partial charge in [-0.15, -0.1) is 0 Å². The van der Waals surface area contributed by atoms with E-state index in [4.69, 9.17) is 9.15 Å². The Kier molecular flexibility index (Phi) is 3.84. The summed E-state index contributed by atoms with van der Waals surface area (Å²) in [6.07, 6.45) is 2.60. The molecule has 1 aromatic heterocycles. The van der Waals surface area contributed by atoms with Gasteiger partial charge in [-0.05, 0) is 53.8 Å². The van der Waals surface area contributed by atoms with Crippen LogP contribution in [0.4, 0.5) is 0 Å². The predicted molar refractivity (Wildman–Crippen MR) is 96.2 cm³/mol. The number of nitrogens with zero attached hydrogens (tertiary/aromatic N) is 2. The lowest BCUT2D eigenvalue weighted by molar-refractivity contribution is -0.134. The standard InChI is InChI=1S/C19H20N2O3S/c22-19(14-3-5-23-12-14)20-8-15-10-21(11-16(15)9-20)25-17-1-2-18-13(7-17)4-6-24-18/h1-2,4,6-7,14H,3,5,8-12H2. The van der Waals surface area contributed by atoms with Gasteiger partial charge in [-0.2, -0.15) is 0 Å². The topological polar surface area (TPSA) is 45.9 Å². The van der Waals surface area contributed by atoms with Crippen LogP contribution < -0.4 is 0 Å². The summed E-state index contributed by atoms with van der Waals surface area (Å²) < 4.78 is 13.1. The Morgan fingerprint density at radius 1 is 1.12 bits per heavy atom. The van der Waals surface area contributed by atoms with E-state index in [1.807, 2.05) is 17.0 Å². The maximum absolute atomic E-state index is 12.5. The van der Waals surface area contributed by atoms with Crippen molar-refractivity contribution < 1.29 is 13.9 Å². The van der Waals surface area contributed by atoms with Gasteiger partial charge < -0.3 is 14.1 Å². The molecule has 0 saturated carbocycles. The summed E-state index contributed by atoms with van der Waals surface area (Å²) in [6, 6.07) is 8.30. The first-order chi connectivity index (χ1) is 12.3. The molecule has 2 aromatic rings. The van der Waals surface area contributed by atoms with Gasteiger partial charge in [0.05, 0.1) is 18.8 Å². The molecule has 0 spiro atoms. The smallest absolute Gasteiger partial charge is 0.228 e. The minimum atomic E-state index is 0.0761. The van der Waals surface area contributed by atoms with Gasteiger partial charge in [-0.1, -0.05) is 0 Å². The zero-order valence-electron chi connectivity index (χ0n) is 13.9. The first-order valence-electron chi connectivity index (χ1n) is 8.73. The second kappa shape index (κ2) is 6.20. The number of carbonyl (C=O) groups is 1. The van der Waals surface area contributed by atoms with Crippen LogP contribution in [0.25, 0.3) is 11.0 Å². The fraction of sp³-hybridized carbons (Fsp3) is 0.421. The lowest BCUT2D eigenvalue weighted by Crippen LogP contribution is -2.37. The van der Waals surface area contributed by atoms with Crippen molar-refractivity contribution in [2.45, 2.75) is 11.3 Å². The number of benzene rings is 1. The van der Waals surface area contributed by atoms with E-state index >= 15 is 0 Å². The van der Waals surface area contributed by atoms with Crippen molar-refractivity contribution in [1.82, 2.24) is 9.21 Å². The molecule has 0 aliphatic carbocycles. The summed E-state index contributed by atoms with van der Waals surface area (Å²) in [7, 11) is 0. The van der Waals surface area contributed by atoms with Crippen LogP contribution in [0, 0.1) is 5.92 Å². The Hall–Kier alpha value is -1.76. The largest absolute Gasteiger partial charge is 0.464 e. The molecule has 4 heterocycles. The van der Waals surface area contributed by atoms with Gasteiger partial charge in [0.25, 0.3) is 0 Å². The van der Waals surface area contributed by atoms with E-state index < -0.39 is 0 Å². The number of hydrogen-bond acceptors (Lipinski definition) is 5. The Balaban J connectivity index is 1.20. The van der Waals surface area contributed by atoms with E-state index in [1.165, 1.54) is 16.0 Å². The average molecular weight is 356 g/mol. The SMILES string of the molecule is O=C(C1CCOC1)N1CC2=C(CN(Sc3ccc4occc4c3)C2)C1. The normalized spacial score (nSPS) is 23.8. The molecule has 5 nitrogen and oxygen atoms in total. The summed E-state index contributed by atoms with van der Waals surface area (Å²) in [4.78, 5) is 15.8. The molecule has 0 N–H and O–H groups in total. The van der Waals surface area contributed by atoms with Crippen LogP contribution >= 0.6 is 11.9 Å². The third-order valence-corrected chi connectivity index (χ3v) is 6.23. The highest BCUT2D eigenvalue weighted by Crippen LogP contribution is 2.35. The van der Waals surface area contributed by atoms with Gasteiger partial charge >= 0.3 is 0 Å². The van der Waals surface area contributed by atoms with Crippen molar-refractivity contribution in [2.24, 2.45) is 5.92 Å². The second-order valence-electron chi connectivity index (χ2n) is 6.97. The molecule has 1 unspecified atom stereocenters. The van der Waals surface area contributed by atoms with Crippen LogP contribution in [0.5, 0.6) is 0 Å². The fourth-order valence-electron chi connectivity index (χ4n) is 3.90. The third-order valence-electron chi connectivity index (χ3n) is 5.25. The van der Waals surface area contributed by atoms with Crippen LogP contribution in [0.3, 0.4) is 0 Å². The van der Waals surface area contributed by atoms with Crippen LogP contribution in [-0.2, 0) is 9.53 Å². The molecule has 3 aliphatic rings. The fourth-order valence-corrected chi connectivity index (χ4v) is 4.95. The molecular formula is C19H20N2O3S. The highest BCUT2D eigenvalue weighted by Gasteiger charge is 2.36. The first-order valence-corrected chi connectivity index (χ1v) is 9.50. The van der Waals surface area contributed by atoms with Crippen molar-refractivity contribution in [3.63, 3.8) is 0 Å². The van der Waals surface area contributed by atoms with Crippen LogP contribution in [0.1, 0.15) is 6.42 Å². The number of hydrogen-bond donors (Lipinski definition) is 0. The lowest BCUT2D eigenvalue weighted by atomic mass is 10.1. The number of furan rings is 1. The number of ether oxygens (including phenoxy) is 1. The molecule has 1 saturated heterocycles. The molecule has 1 aromatic carbocycles. The molecule has 1 amide bonds. The monoisotopic (exact) mass is 356 g/mol. The molecule has 5 rings (SSSR count). The van der Waals surface area contributed by atoms with Gasteiger partial charge in [-0.3, -0.25) is 4.79 Å². The van der Waals surface area contributed by atoms with E-state index in [0.29, 0.717) is 6.61 Å². The van der Waals surface area contributed by atoms with E-state index in [2.05, 4.69) is 16.4 Å². The van der Waals surface area contributed by atoms with Gasteiger partial charge in [0, 0.05) is 43.1 Å². The van der Waals surface area contributed by atoms with Crippen LogP contribution in [-0.4, -0.2) is 54.5 Å². The van der Waals surface area contributed by atoms with Crippen LogP contribution in [0.15, 0.2) is 51.0 Å². The molecule has 0 radical (unpaired) electrons. The van der Waals surface area contributed by atoms with Gasteiger partial charge in [-0.25, -0.2) is 4.31 Å². The van der Waals surface area contributed by atoms with Gasteiger partial charge in [0.1, 0.15) is 5.58 Å². The number of carbonyl (C=O) groups excluding carboxylic acids is 1. The summed E-state index contributed by atoms with van der Waals surface area (Å²) in [6.45, 7) is 4.79. The molecule has 1 atom stereocenters. The Morgan fingerprint density at radius 2 is 1.96 bits per heavy atom. The lowest BCUT2D eigenvalue weighted by Gasteiger charge is -2.24. The maximum atomic E-state index is 12.5. The molecule has 1 fully saturated rings. The second-order valence-corrected chi connectivity index (χ2v) is 8.14. The first kappa shape index (κ1) is 15.5. The number of amides is 1. The predicted octanol–water partition coefficient (Wildman–Crippen LogP) is 2.93. The highest BCUT2D eigenvalue weighted by molar-refractivity contribution is 7.97. The van der Waals surface area contributed by atoms with Gasteiger partial charge in [0.15, 0.2) is 0 Å². The maximum Gasteiger partial charge on any atom is 0.228 e. The number of rotatable bonds is 3. The van der Waals surface area contributed by atoms with Crippen LogP contribution in [0.2, 0.25) is 0 Å². The molecule has 25 heavy (non-hydrogen) atoms. The van der Waals surface area contributed by atoms with E-state index in [1.54, 1.807) is 18.2 Å². The molecule has 6 heteroatoms. The van der Waals surface area contributed by atoms with E-state index in [9.17, 15) is 4.79 Å².